The van der Waals surface area contributed by atoms with Gasteiger partial charge in [-0.05, 0) is 12.8 Å². The molecular weight excluding hydrogens is 704 g/mol. The van der Waals surface area contributed by atoms with Gasteiger partial charge in [-0.2, -0.15) is 8.42 Å². The number of aliphatic hydroxyl groups excluding tert-OH is 3. The van der Waals surface area contributed by atoms with Crippen molar-refractivity contribution in [1.29, 1.82) is 0 Å². The second kappa shape index (κ2) is 33.3. The summed E-state index contributed by atoms with van der Waals surface area (Å²) in [4.78, 5) is 12.2. The first-order chi connectivity index (χ1) is 25.6. The van der Waals surface area contributed by atoms with E-state index in [1.54, 1.807) is 0 Å². The van der Waals surface area contributed by atoms with E-state index in [9.17, 15) is 28.5 Å². The van der Waals surface area contributed by atoms with Gasteiger partial charge in [0.25, 0.3) is 0 Å². The average Bonchev–Trinajstić information content (AvgIpc) is 3.12. The minimum atomic E-state index is -5.04. The van der Waals surface area contributed by atoms with E-state index in [4.69, 9.17) is 23.5 Å². The summed E-state index contributed by atoms with van der Waals surface area (Å²) < 4.78 is 58.0. The predicted molar refractivity (Wildman–Crippen MR) is 207 cm³/mol. The van der Waals surface area contributed by atoms with Crippen LogP contribution in [0.15, 0.2) is 0 Å². The van der Waals surface area contributed by atoms with Crippen molar-refractivity contribution in [3.63, 3.8) is 0 Å². The van der Waals surface area contributed by atoms with Crippen molar-refractivity contribution in [3.05, 3.63) is 0 Å². The fraction of sp³-hybridized carbons (Fsp3) is 0.975. The molecule has 6 atom stereocenters. The number of hydrogen-bond donors (Lipinski definition) is 4. The van der Waals surface area contributed by atoms with Gasteiger partial charge in [0.1, 0.15) is 30.5 Å². The van der Waals surface area contributed by atoms with Crippen LogP contribution in [-0.4, -0.2) is 97.5 Å². The van der Waals surface area contributed by atoms with Gasteiger partial charge in [0.05, 0.1) is 19.8 Å². The predicted octanol–water partition coefficient (Wildman–Crippen LogP) is 8.13. The van der Waals surface area contributed by atoms with Crippen molar-refractivity contribution in [2.24, 2.45) is 0 Å². The van der Waals surface area contributed by atoms with Crippen molar-refractivity contribution < 1.29 is 56.2 Å². The molecule has 4 N–H and O–H groups in total. The van der Waals surface area contributed by atoms with E-state index in [1.165, 1.54) is 141 Å². The monoisotopic (exact) mass is 783 g/mol. The second-order valence-corrected chi connectivity index (χ2v) is 16.0. The molecule has 0 bridgehead atoms. The molecule has 1 saturated heterocycles. The van der Waals surface area contributed by atoms with E-state index in [2.05, 4.69) is 11.1 Å². The number of ether oxygens (including phenoxy) is 4. The van der Waals surface area contributed by atoms with Crippen LogP contribution in [0.4, 0.5) is 0 Å². The molecule has 0 radical (unpaired) electrons. The molecule has 0 spiro atoms. The Hall–Kier alpha value is -0.900. The van der Waals surface area contributed by atoms with Gasteiger partial charge >= 0.3 is 16.4 Å². The molecular formula is C40H78O12S. The van der Waals surface area contributed by atoms with Crippen LogP contribution in [0.25, 0.3) is 0 Å². The lowest BCUT2D eigenvalue weighted by Crippen LogP contribution is -2.60. The highest BCUT2D eigenvalue weighted by atomic mass is 32.3. The molecule has 12 nitrogen and oxygen atoms in total. The summed E-state index contributed by atoms with van der Waals surface area (Å²) >= 11 is 0. The van der Waals surface area contributed by atoms with E-state index >= 15 is 0 Å². The molecule has 0 aromatic rings. The maximum atomic E-state index is 12.2. The van der Waals surface area contributed by atoms with Gasteiger partial charge in [0.2, 0.25) is 0 Å². The number of carbonyl (C=O) groups is 1. The van der Waals surface area contributed by atoms with Gasteiger partial charge in [-0.15, -0.1) is 0 Å². The summed E-state index contributed by atoms with van der Waals surface area (Å²) in [5.41, 5.74) is 0. The SMILES string of the molecule is CCCCCCCCCCCCCCCCCCCCCCCCCCCOCC(COC1OC(CO)C(O)C(OS(=O)(=O)O)C1O)OC(=O)CCC. The minimum absolute atomic E-state index is 0.0364. The number of esters is 1. The van der Waals surface area contributed by atoms with Crippen LogP contribution >= 0.6 is 0 Å². The molecule has 53 heavy (non-hydrogen) atoms. The largest absolute Gasteiger partial charge is 0.457 e. The first kappa shape index (κ1) is 50.1. The highest BCUT2D eigenvalue weighted by molar-refractivity contribution is 7.80. The molecule has 1 aliphatic heterocycles. The van der Waals surface area contributed by atoms with Gasteiger partial charge in [0.15, 0.2) is 6.29 Å². The molecule has 0 aliphatic carbocycles. The van der Waals surface area contributed by atoms with E-state index < -0.39 is 59.8 Å². The van der Waals surface area contributed by atoms with Crippen molar-refractivity contribution in [2.75, 3.05) is 26.4 Å². The Balaban J connectivity index is 2.07. The molecule has 0 amide bonds. The van der Waals surface area contributed by atoms with Gasteiger partial charge in [-0.3, -0.25) is 9.35 Å². The molecule has 1 fully saturated rings. The third-order valence-corrected chi connectivity index (χ3v) is 10.4. The minimum Gasteiger partial charge on any atom is -0.457 e. The normalized spacial score (nSPS) is 21.2. The average molecular weight is 783 g/mol. The summed E-state index contributed by atoms with van der Waals surface area (Å²) in [6.45, 7) is 3.62. The molecule has 0 aromatic carbocycles. The second-order valence-electron chi connectivity index (χ2n) is 15.0. The van der Waals surface area contributed by atoms with Crippen LogP contribution in [0.2, 0.25) is 0 Å². The zero-order chi connectivity index (χ0) is 39.0. The number of hydrogen-bond acceptors (Lipinski definition) is 11. The van der Waals surface area contributed by atoms with Crippen LogP contribution < -0.4 is 0 Å². The van der Waals surface area contributed by atoms with Crippen LogP contribution in [-0.2, 0) is 38.3 Å². The maximum Gasteiger partial charge on any atom is 0.397 e. The number of carbonyl (C=O) groups excluding carboxylic acids is 1. The Morgan fingerprint density at radius 3 is 1.47 bits per heavy atom. The molecule has 1 aliphatic rings. The maximum absolute atomic E-state index is 12.2. The van der Waals surface area contributed by atoms with Crippen LogP contribution in [0, 0.1) is 0 Å². The summed E-state index contributed by atoms with van der Waals surface area (Å²) in [6, 6.07) is 0. The Morgan fingerprint density at radius 1 is 0.642 bits per heavy atom. The third kappa shape index (κ3) is 27.4. The van der Waals surface area contributed by atoms with E-state index in [-0.39, 0.29) is 19.6 Å². The van der Waals surface area contributed by atoms with Gasteiger partial charge in [0, 0.05) is 13.0 Å². The van der Waals surface area contributed by atoms with Crippen LogP contribution in [0.1, 0.15) is 187 Å². The zero-order valence-electron chi connectivity index (χ0n) is 33.3. The smallest absolute Gasteiger partial charge is 0.397 e. The van der Waals surface area contributed by atoms with Gasteiger partial charge in [-0.25, -0.2) is 4.18 Å². The summed E-state index contributed by atoms with van der Waals surface area (Å²) in [7, 11) is -5.04. The number of rotatable bonds is 37. The summed E-state index contributed by atoms with van der Waals surface area (Å²) in [5.74, 6) is -0.448. The molecule has 0 aromatic heterocycles. The van der Waals surface area contributed by atoms with Crippen LogP contribution in [0.5, 0.6) is 0 Å². The Kier molecular flexibility index (Phi) is 31.5. The third-order valence-electron chi connectivity index (χ3n) is 9.95. The van der Waals surface area contributed by atoms with Crippen LogP contribution in [0.3, 0.4) is 0 Å². The Morgan fingerprint density at radius 2 is 1.08 bits per heavy atom. The van der Waals surface area contributed by atoms with Crippen molar-refractivity contribution >= 4 is 16.4 Å². The molecule has 6 unspecified atom stereocenters. The fourth-order valence-corrected chi connectivity index (χ4v) is 7.28. The first-order valence-corrected chi connectivity index (χ1v) is 22.7. The zero-order valence-corrected chi connectivity index (χ0v) is 34.2. The topological polar surface area (TPSA) is 178 Å². The van der Waals surface area contributed by atoms with Crippen molar-refractivity contribution in [2.45, 2.75) is 224 Å². The summed E-state index contributed by atoms with van der Waals surface area (Å²) in [5, 5.41) is 30.2. The lowest BCUT2D eigenvalue weighted by molar-refractivity contribution is -0.301. The molecule has 1 heterocycles. The van der Waals surface area contributed by atoms with E-state index in [0.717, 1.165) is 19.3 Å². The molecule has 13 heteroatoms. The van der Waals surface area contributed by atoms with Gasteiger partial charge in [-0.1, -0.05) is 168 Å². The van der Waals surface area contributed by atoms with Crippen molar-refractivity contribution in [1.82, 2.24) is 0 Å². The highest BCUT2D eigenvalue weighted by Gasteiger charge is 2.48. The Labute approximate surface area is 322 Å². The molecule has 1 rings (SSSR count). The molecule has 0 saturated carbocycles. The number of aliphatic hydroxyl groups is 3. The standard InChI is InChI=1S/C40H78O12S/c1-3-5-6-7-8-9-10-11-12-13-14-15-16-17-18-19-20-21-22-23-24-25-26-27-28-30-48-32-34(50-36(42)29-4-2)33-49-40-38(44)39(52-53(45,46)47)37(43)35(31-41)51-40/h34-35,37-41,43-44H,3-33H2,1-2H3,(H,45,46,47). The fourth-order valence-electron chi connectivity index (χ4n) is 6.77. The summed E-state index contributed by atoms with van der Waals surface area (Å²) in [6.07, 6.45) is 25.0. The highest BCUT2D eigenvalue weighted by Crippen LogP contribution is 2.26. The lowest BCUT2D eigenvalue weighted by Gasteiger charge is -2.41. The van der Waals surface area contributed by atoms with Crippen molar-refractivity contribution in [3.8, 4) is 0 Å². The molecule has 316 valence electrons. The quantitative estimate of drug-likeness (QED) is 0.0271. The van der Waals surface area contributed by atoms with E-state index in [1.807, 2.05) is 6.92 Å². The first-order valence-electron chi connectivity index (χ1n) is 21.3. The lowest BCUT2D eigenvalue weighted by atomic mass is 9.99. The Bertz CT molecular complexity index is 952. The number of unbranched alkanes of at least 4 members (excludes halogenated alkanes) is 24. The van der Waals surface area contributed by atoms with Gasteiger partial charge < -0.3 is 34.3 Å². The van der Waals surface area contributed by atoms with E-state index in [0.29, 0.717) is 13.0 Å².